The van der Waals surface area contributed by atoms with Crippen molar-refractivity contribution in [1.29, 1.82) is 0 Å². The van der Waals surface area contributed by atoms with E-state index in [1.54, 1.807) is 6.92 Å². The zero-order valence-corrected chi connectivity index (χ0v) is 14.5. The van der Waals surface area contributed by atoms with E-state index in [9.17, 15) is 14.7 Å². The van der Waals surface area contributed by atoms with Crippen molar-refractivity contribution in [2.45, 2.75) is 59.0 Å². The number of pyridine rings is 1. The average molecular weight is 320 g/mol. The average Bonchev–Trinajstić information content (AvgIpc) is 2.44. The van der Waals surface area contributed by atoms with E-state index in [1.165, 1.54) is 12.3 Å². The minimum absolute atomic E-state index is 0.0857. The van der Waals surface area contributed by atoms with Gasteiger partial charge in [-0.3, -0.25) is 9.59 Å². The molecule has 0 aliphatic heterocycles. The van der Waals surface area contributed by atoms with Gasteiger partial charge in [-0.25, -0.2) is 0 Å². The standard InChI is InChI=1S/C18H28N2O3/c1-12-9-15(21)14(10-19-12)16(22)20-11-18(23)7-5-13(6-8-18)17(2,3)4/h9-10,13,23H,5-8,11H2,1-4H3,(H,19,21)(H,20,22). The number of carbonyl (C=O) groups excluding carboxylic acids is 1. The van der Waals surface area contributed by atoms with Crippen LogP contribution < -0.4 is 10.7 Å². The third-order valence-corrected chi connectivity index (χ3v) is 5.02. The molecule has 0 spiro atoms. The highest BCUT2D eigenvalue weighted by atomic mass is 16.3. The smallest absolute Gasteiger partial charge is 0.256 e. The fourth-order valence-corrected chi connectivity index (χ4v) is 3.29. The van der Waals surface area contributed by atoms with Crippen LogP contribution in [0.3, 0.4) is 0 Å². The Balaban J connectivity index is 1.93. The molecule has 1 fully saturated rings. The van der Waals surface area contributed by atoms with Crippen LogP contribution in [0.15, 0.2) is 17.1 Å². The number of aromatic nitrogens is 1. The minimum Gasteiger partial charge on any atom is -0.388 e. The third-order valence-electron chi connectivity index (χ3n) is 5.02. The predicted octanol–water partition coefficient (Wildman–Crippen LogP) is 2.38. The summed E-state index contributed by atoms with van der Waals surface area (Å²) in [5.41, 5.74) is -0.121. The predicted molar refractivity (Wildman–Crippen MR) is 90.5 cm³/mol. The maximum atomic E-state index is 12.1. The molecular weight excluding hydrogens is 292 g/mol. The summed E-state index contributed by atoms with van der Waals surface area (Å²) in [6, 6.07) is 1.40. The van der Waals surface area contributed by atoms with Crippen molar-refractivity contribution >= 4 is 5.91 Å². The third kappa shape index (κ3) is 4.44. The lowest BCUT2D eigenvalue weighted by atomic mass is 9.68. The molecular formula is C18H28N2O3. The second-order valence-electron chi connectivity index (χ2n) is 7.94. The van der Waals surface area contributed by atoms with E-state index in [0.29, 0.717) is 24.5 Å². The fourth-order valence-electron chi connectivity index (χ4n) is 3.29. The van der Waals surface area contributed by atoms with E-state index >= 15 is 0 Å². The molecule has 23 heavy (non-hydrogen) atoms. The molecule has 0 unspecified atom stereocenters. The highest BCUT2D eigenvalue weighted by Crippen LogP contribution is 2.41. The topological polar surface area (TPSA) is 82.2 Å². The van der Waals surface area contributed by atoms with Crippen molar-refractivity contribution in [1.82, 2.24) is 10.3 Å². The monoisotopic (exact) mass is 320 g/mol. The summed E-state index contributed by atoms with van der Waals surface area (Å²) >= 11 is 0. The largest absolute Gasteiger partial charge is 0.388 e. The minimum atomic E-state index is -0.866. The molecule has 1 heterocycles. The fraction of sp³-hybridized carbons (Fsp3) is 0.667. The first kappa shape index (κ1) is 17.7. The van der Waals surface area contributed by atoms with Crippen molar-refractivity contribution in [3.05, 3.63) is 33.7 Å². The van der Waals surface area contributed by atoms with Crippen molar-refractivity contribution in [3.8, 4) is 0 Å². The molecule has 3 N–H and O–H groups in total. The normalized spacial score (nSPS) is 25.2. The molecule has 128 valence electrons. The van der Waals surface area contributed by atoms with Gasteiger partial charge in [-0.2, -0.15) is 0 Å². The van der Waals surface area contributed by atoms with Crippen LogP contribution in [-0.2, 0) is 0 Å². The number of aryl methyl sites for hydroxylation is 1. The number of nitrogens with one attached hydrogen (secondary N) is 2. The lowest BCUT2D eigenvalue weighted by Crippen LogP contribution is -2.47. The van der Waals surface area contributed by atoms with E-state index in [0.717, 1.165) is 12.8 Å². The van der Waals surface area contributed by atoms with E-state index in [4.69, 9.17) is 0 Å². The van der Waals surface area contributed by atoms with Gasteiger partial charge in [-0.05, 0) is 43.9 Å². The summed E-state index contributed by atoms with van der Waals surface area (Å²) in [6.45, 7) is 8.64. The SMILES string of the molecule is Cc1cc(=O)c(C(=O)NCC2(O)CCC(C(C)(C)C)CC2)c[nH]1. The van der Waals surface area contributed by atoms with Gasteiger partial charge in [-0.1, -0.05) is 20.8 Å². The Bertz CT molecular complexity index is 620. The summed E-state index contributed by atoms with van der Waals surface area (Å²) in [7, 11) is 0. The molecule has 5 nitrogen and oxygen atoms in total. The highest BCUT2D eigenvalue weighted by Gasteiger charge is 2.37. The highest BCUT2D eigenvalue weighted by molar-refractivity contribution is 5.93. The Hall–Kier alpha value is -1.62. The summed E-state index contributed by atoms with van der Waals surface area (Å²) < 4.78 is 0. The van der Waals surface area contributed by atoms with Gasteiger partial charge in [0, 0.05) is 24.5 Å². The summed E-state index contributed by atoms with van der Waals surface area (Å²) in [4.78, 5) is 26.8. The van der Waals surface area contributed by atoms with Gasteiger partial charge in [0.25, 0.3) is 5.91 Å². The van der Waals surface area contributed by atoms with Gasteiger partial charge in [0.15, 0.2) is 5.43 Å². The van der Waals surface area contributed by atoms with Crippen LogP contribution in [0.4, 0.5) is 0 Å². The number of hydrogen-bond donors (Lipinski definition) is 3. The molecule has 1 saturated carbocycles. The molecule has 1 amide bonds. The van der Waals surface area contributed by atoms with Crippen LogP contribution in [-0.4, -0.2) is 28.1 Å². The molecule has 0 bridgehead atoms. The van der Waals surface area contributed by atoms with Crippen LogP contribution in [0.5, 0.6) is 0 Å². The Morgan fingerprint density at radius 2 is 2.00 bits per heavy atom. The Morgan fingerprint density at radius 1 is 1.39 bits per heavy atom. The summed E-state index contributed by atoms with van der Waals surface area (Å²) in [5.74, 6) is 0.163. The number of hydrogen-bond acceptors (Lipinski definition) is 3. The Kier molecular flexibility index (Phi) is 4.99. The van der Waals surface area contributed by atoms with Crippen LogP contribution >= 0.6 is 0 Å². The summed E-state index contributed by atoms with van der Waals surface area (Å²) in [5, 5.41) is 13.4. The maximum absolute atomic E-state index is 12.1. The van der Waals surface area contributed by atoms with E-state index in [1.807, 2.05) is 0 Å². The van der Waals surface area contributed by atoms with E-state index in [2.05, 4.69) is 31.1 Å². The second-order valence-corrected chi connectivity index (χ2v) is 7.94. The van der Waals surface area contributed by atoms with E-state index in [-0.39, 0.29) is 23.0 Å². The van der Waals surface area contributed by atoms with Gasteiger partial charge in [0.1, 0.15) is 5.56 Å². The van der Waals surface area contributed by atoms with Gasteiger partial charge >= 0.3 is 0 Å². The molecule has 1 aromatic rings. The zero-order valence-electron chi connectivity index (χ0n) is 14.5. The van der Waals surface area contributed by atoms with Crippen LogP contribution in [0.2, 0.25) is 0 Å². The van der Waals surface area contributed by atoms with Crippen molar-refractivity contribution in [2.75, 3.05) is 6.54 Å². The van der Waals surface area contributed by atoms with Crippen LogP contribution in [0.25, 0.3) is 0 Å². The first-order chi connectivity index (χ1) is 10.6. The van der Waals surface area contributed by atoms with Crippen molar-refractivity contribution in [2.24, 2.45) is 11.3 Å². The number of H-pyrrole nitrogens is 1. The van der Waals surface area contributed by atoms with Gasteiger partial charge in [0.2, 0.25) is 0 Å². The molecule has 0 aromatic carbocycles. The number of rotatable bonds is 3. The van der Waals surface area contributed by atoms with Crippen molar-refractivity contribution in [3.63, 3.8) is 0 Å². The lowest BCUT2D eigenvalue weighted by Gasteiger charge is -2.41. The molecule has 1 aliphatic rings. The quantitative estimate of drug-likeness (QED) is 0.799. The Labute approximate surface area is 137 Å². The number of aliphatic hydroxyl groups is 1. The lowest BCUT2D eigenvalue weighted by molar-refractivity contribution is -0.0228. The summed E-state index contributed by atoms with van der Waals surface area (Å²) in [6.07, 6.45) is 4.70. The second kappa shape index (κ2) is 6.48. The van der Waals surface area contributed by atoms with E-state index < -0.39 is 11.5 Å². The molecule has 1 aromatic heterocycles. The first-order valence-electron chi connectivity index (χ1n) is 8.31. The molecule has 0 saturated heterocycles. The number of aromatic amines is 1. The Morgan fingerprint density at radius 3 is 2.52 bits per heavy atom. The molecule has 1 aliphatic carbocycles. The zero-order chi connectivity index (χ0) is 17.3. The van der Waals surface area contributed by atoms with Gasteiger partial charge < -0.3 is 15.4 Å². The maximum Gasteiger partial charge on any atom is 0.256 e. The number of carbonyl (C=O) groups is 1. The molecule has 0 radical (unpaired) electrons. The van der Waals surface area contributed by atoms with Gasteiger partial charge in [-0.15, -0.1) is 0 Å². The molecule has 2 rings (SSSR count). The van der Waals surface area contributed by atoms with Crippen molar-refractivity contribution < 1.29 is 9.90 Å². The first-order valence-corrected chi connectivity index (χ1v) is 8.31. The van der Waals surface area contributed by atoms with Gasteiger partial charge in [0.05, 0.1) is 5.60 Å². The molecule has 0 atom stereocenters. The molecule has 5 heteroatoms. The number of amides is 1. The van der Waals surface area contributed by atoms with Crippen LogP contribution in [0, 0.1) is 18.3 Å². The van der Waals surface area contributed by atoms with Crippen LogP contribution in [0.1, 0.15) is 62.5 Å².